The molecule has 0 aliphatic carbocycles. The predicted octanol–water partition coefficient (Wildman–Crippen LogP) is 3.76. The summed E-state index contributed by atoms with van der Waals surface area (Å²) < 4.78 is 11.7. The zero-order valence-electron chi connectivity index (χ0n) is 13.3. The van der Waals surface area contributed by atoms with Gasteiger partial charge in [-0.25, -0.2) is 0 Å². The van der Waals surface area contributed by atoms with Gasteiger partial charge in [-0.15, -0.1) is 0 Å². The molecule has 4 heteroatoms. The lowest BCUT2D eigenvalue weighted by Crippen LogP contribution is -2.16. The molecule has 1 aliphatic rings. The first kappa shape index (κ1) is 14.7. The Hall–Kier alpha value is -2.23. The molecule has 0 saturated heterocycles. The molecule has 1 aromatic heterocycles. The van der Waals surface area contributed by atoms with Crippen molar-refractivity contribution in [1.82, 2.24) is 4.98 Å². The highest BCUT2D eigenvalue weighted by Gasteiger charge is 2.25. The van der Waals surface area contributed by atoms with E-state index >= 15 is 0 Å². The topological polar surface area (TPSA) is 43.4 Å². The molecule has 4 nitrogen and oxygen atoms in total. The van der Waals surface area contributed by atoms with Gasteiger partial charge in [0, 0.05) is 41.8 Å². The normalized spacial score (nSPS) is 16.6. The second-order valence-electron chi connectivity index (χ2n) is 5.50. The molecule has 22 heavy (non-hydrogen) atoms. The van der Waals surface area contributed by atoms with Crippen LogP contribution in [-0.2, 0) is 12.8 Å². The van der Waals surface area contributed by atoms with E-state index in [1.54, 1.807) is 7.11 Å². The number of fused-ring (bicyclic) bond motifs is 1. The number of pyridine rings is 1. The van der Waals surface area contributed by atoms with Crippen molar-refractivity contribution in [2.24, 2.45) is 0 Å². The standard InChI is InChI=1S/C18H22N2O2/c1-4-14-7-5-13(11-20-14)16-8-6-12-9-15(19-2)10-17(21-3)18(12)22-16/h5,7,9-11,16,19H,4,6,8H2,1-3H3. The van der Waals surface area contributed by atoms with E-state index in [-0.39, 0.29) is 6.10 Å². The van der Waals surface area contributed by atoms with Crippen molar-refractivity contribution in [3.63, 3.8) is 0 Å². The fourth-order valence-corrected chi connectivity index (χ4v) is 2.83. The number of hydrogen-bond donors (Lipinski definition) is 1. The molecule has 1 aliphatic heterocycles. The van der Waals surface area contributed by atoms with Crippen LogP contribution in [0, 0.1) is 0 Å². The molecule has 2 heterocycles. The highest BCUT2D eigenvalue weighted by Crippen LogP contribution is 2.42. The third-order valence-corrected chi connectivity index (χ3v) is 4.16. The Kier molecular flexibility index (Phi) is 4.18. The zero-order chi connectivity index (χ0) is 15.5. The number of aromatic nitrogens is 1. The first-order valence-electron chi connectivity index (χ1n) is 7.75. The Bertz CT molecular complexity index is 636. The van der Waals surface area contributed by atoms with Crippen LogP contribution in [0.3, 0.4) is 0 Å². The minimum Gasteiger partial charge on any atom is -0.493 e. The minimum absolute atomic E-state index is 0.0419. The molecule has 1 N–H and O–H groups in total. The number of anilines is 1. The van der Waals surface area contributed by atoms with Crippen molar-refractivity contribution in [2.75, 3.05) is 19.5 Å². The van der Waals surface area contributed by atoms with E-state index in [1.807, 2.05) is 19.3 Å². The Morgan fingerprint density at radius 1 is 1.36 bits per heavy atom. The maximum absolute atomic E-state index is 6.22. The lowest BCUT2D eigenvalue weighted by Gasteiger charge is -2.28. The molecular weight excluding hydrogens is 276 g/mol. The molecule has 0 amide bonds. The van der Waals surface area contributed by atoms with Gasteiger partial charge in [-0.3, -0.25) is 4.98 Å². The third-order valence-electron chi connectivity index (χ3n) is 4.16. The molecule has 1 unspecified atom stereocenters. The van der Waals surface area contributed by atoms with Crippen molar-refractivity contribution in [3.05, 3.63) is 47.3 Å². The maximum atomic E-state index is 6.22. The van der Waals surface area contributed by atoms with Gasteiger partial charge in [0.15, 0.2) is 11.5 Å². The molecule has 0 radical (unpaired) electrons. The minimum atomic E-state index is 0.0419. The van der Waals surface area contributed by atoms with Crippen LogP contribution in [0.25, 0.3) is 0 Å². The Morgan fingerprint density at radius 3 is 2.86 bits per heavy atom. The van der Waals surface area contributed by atoms with E-state index in [0.717, 1.165) is 47.7 Å². The van der Waals surface area contributed by atoms with Gasteiger partial charge in [-0.1, -0.05) is 13.0 Å². The van der Waals surface area contributed by atoms with Gasteiger partial charge in [-0.05, 0) is 31.4 Å². The van der Waals surface area contributed by atoms with Crippen molar-refractivity contribution in [3.8, 4) is 11.5 Å². The number of nitrogens with one attached hydrogen (secondary N) is 1. The number of nitrogens with zero attached hydrogens (tertiary/aromatic N) is 1. The highest BCUT2D eigenvalue weighted by atomic mass is 16.5. The molecule has 0 spiro atoms. The van der Waals surface area contributed by atoms with Crippen LogP contribution >= 0.6 is 0 Å². The number of methoxy groups -OCH3 is 1. The number of hydrogen-bond acceptors (Lipinski definition) is 4. The van der Waals surface area contributed by atoms with Crippen LogP contribution in [0.4, 0.5) is 5.69 Å². The molecule has 3 rings (SSSR count). The fourth-order valence-electron chi connectivity index (χ4n) is 2.83. The molecule has 1 atom stereocenters. The summed E-state index contributed by atoms with van der Waals surface area (Å²) in [5.41, 5.74) is 4.48. The van der Waals surface area contributed by atoms with E-state index in [2.05, 4.69) is 35.4 Å². The van der Waals surface area contributed by atoms with E-state index in [4.69, 9.17) is 9.47 Å². The SMILES string of the molecule is CCc1ccc(C2CCc3cc(NC)cc(OC)c3O2)cn1. The fraction of sp³-hybridized carbons (Fsp3) is 0.389. The molecule has 2 aromatic rings. The van der Waals surface area contributed by atoms with Crippen LogP contribution in [-0.4, -0.2) is 19.1 Å². The summed E-state index contributed by atoms with van der Waals surface area (Å²) in [4.78, 5) is 4.48. The Balaban J connectivity index is 1.89. The van der Waals surface area contributed by atoms with Crippen LogP contribution in [0.1, 0.15) is 36.3 Å². The van der Waals surface area contributed by atoms with E-state index in [1.165, 1.54) is 5.56 Å². The molecule has 116 valence electrons. The molecule has 0 fully saturated rings. The summed E-state index contributed by atoms with van der Waals surface area (Å²) in [6.07, 6.45) is 4.86. The molecule has 0 saturated carbocycles. The van der Waals surface area contributed by atoms with Gasteiger partial charge >= 0.3 is 0 Å². The Morgan fingerprint density at radius 2 is 2.23 bits per heavy atom. The summed E-state index contributed by atoms with van der Waals surface area (Å²) >= 11 is 0. The second kappa shape index (κ2) is 6.26. The monoisotopic (exact) mass is 298 g/mol. The van der Waals surface area contributed by atoms with Crippen molar-refractivity contribution in [2.45, 2.75) is 32.3 Å². The smallest absolute Gasteiger partial charge is 0.165 e. The number of aryl methyl sites for hydroxylation is 2. The lowest BCUT2D eigenvalue weighted by molar-refractivity contribution is 0.168. The number of rotatable bonds is 4. The average molecular weight is 298 g/mol. The van der Waals surface area contributed by atoms with Gasteiger partial charge in [0.2, 0.25) is 0 Å². The van der Waals surface area contributed by atoms with Crippen molar-refractivity contribution in [1.29, 1.82) is 0 Å². The third kappa shape index (κ3) is 2.73. The van der Waals surface area contributed by atoms with Crippen molar-refractivity contribution < 1.29 is 9.47 Å². The van der Waals surface area contributed by atoms with Gasteiger partial charge < -0.3 is 14.8 Å². The average Bonchev–Trinajstić information content (AvgIpc) is 2.60. The van der Waals surface area contributed by atoms with Crippen molar-refractivity contribution >= 4 is 5.69 Å². The lowest BCUT2D eigenvalue weighted by atomic mass is 9.97. The number of ether oxygens (including phenoxy) is 2. The first-order valence-corrected chi connectivity index (χ1v) is 7.75. The van der Waals surface area contributed by atoms with Gasteiger partial charge in [0.05, 0.1) is 7.11 Å². The summed E-state index contributed by atoms with van der Waals surface area (Å²) in [6, 6.07) is 8.30. The quantitative estimate of drug-likeness (QED) is 0.933. The first-order chi connectivity index (χ1) is 10.7. The van der Waals surface area contributed by atoms with Gasteiger partial charge in [-0.2, -0.15) is 0 Å². The molecular formula is C18H22N2O2. The summed E-state index contributed by atoms with van der Waals surface area (Å²) in [6.45, 7) is 2.11. The number of benzene rings is 1. The van der Waals surface area contributed by atoms with Crippen LogP contribution in [0.15, 0.2) is 30.5 Å². The van der Waals surface area contributed by atoms with Gasteiger partial charge in [0.1, 0.15) is 6.10 Å². The van der Waals surface area contributed by atoms with E-state index in [0.29, 0.717) is 0 Å². The predicted molar refractivity (Wildman–Crippen MR) is 87.8 cm³/mol. The maximum Gasteiger partial charge on any atom is 0.165 e. The van der Waals surface area contributed by atoms with Crippen LogP contribution in [0.2, 0.25) is 0 Å². The van der Waals surface area contributed by atoms with Crippen LogP contribution in [0.5, 0.6) is 11.5 Å². The Labute approximate surface area is 131 Å². The highest BCUT2D eigenvalue weighted by molar-refractivity contribution is 5.59. The summed E-state index contributed by atoms with van der Waals surface area (Å²) in [5.74, 6) is 1.64. The largest absolute Gasteiger partial charge is 0.493 e. The zero-order valence-corrected chi connectivity index (χ0v) is 13.3. The van der Waals surface area contributed by atoms with Crippen LogP contribution < -0.4 is 14.8 Å². The van der Waals surface area contributed by atoms with Gasteiger partial charge in [0.25, 0.3) is 0 Å². The molecule has 0 bridgehead atoms. The summed E-state index contributed by atoms with van der Waals surface area (Å²) in [5, 5.41) is 3.16. The molecule has 1 aromatic carbocycles. The second-order valence-corrected chi connectivity index (χ2v) is 5.50. The summed E-state index contributed by atoms with van der Waals surface area (Å²) in [7, 11) is 3.59. The van der Waals surface area contributed by atoms with E-state index < -0.39 is 0 Å². The van der Waals surface area contributed by atoms with E-state index in [9.17, 15) is 0 Å².